The summed E-state index contributed by atoms with van der Waals surface area (Å²) in [5, 5.41) is 0. The number of nitrogens with zero attached hydrogens (tertiary/aromatic N) is 1. The highest BCUT2D eigenvalue weighted by atomic mass is 32.2. The van der Waals surface area contributed by atoms with E-state index in [0.29, 0.717) is 24.1 Å². The number of aryl methyl sites for hydroxylation is 1. The molecule has 1 fully saturated rings. The molecule has 2 rings (SSSR count). The number of rotatable bonds is 8. The molecule has 21 heavy (non-hydrogen) atoms. The van der Waals surface area contributed by atoms with Crippen molar-refractivity contribution in [3.05, 3.63) is 23.9 Å². The third kappa shape index (κ3) is 5.00. The number of pyridine rings is 1. The van der Waals surface area contributed by atoms with Crippen LogP contribution in [0.3, 0.4) is 0 Å². The SMILES string of the molecule is CSNC1CC(Oc2ccc(CCC(=O)C(C)C)cn2)C1. The first-order valence-corrected chi connectivity index (χ1v) is 8.73. The van der Waals surface area contributed by atoms with Gasteiger partial charge in [0, 0.05) is 43.5 Å². The van der Waals surface area contributed by atoms with E-state index in [2.05, 4.69) is 9.71 Å². The molecule has 5 heteroatoms. The van der Waals surface area contributed by atoms with Gasteiger partial charge in [-0.05, 0) is 18.2 Å². The van der Waals surface area contributed by atoms with Crippen LogP contribution in [0.15, 0.2) is 18.3 Å². The van der Waals surface area contributed by atoms with Crippen molar-refractivity contribution in [2.45, 2.75) is 51.7 Å². The van der Waals surface area contributed by atoms with E-state index in [1.54, 1.807) is 11.9 Å². The lowest BCUT2D eigenvalue weighted by Gasteiger charge is -2.34. The number of Topliss-reactive ketones (excluding diaryl/α,β-unsaturated/α-hetero) is 1. The highest BCUT2D eigenvalue weighted by Crippen LogP contribution is 2.26. The van der Waals surface area contributed by atoms with Gasteiger partial charge < -0.3 is 4.74 Å². The Balaban J connectivity index is 1.74. The van der Waals surface area contributed by atoms with Crippen LogP contribution >= 0.6 is 11.9 Å². The fourth-order valence-electron chi connectivity index (χ4n) is 2.28. The largest absolute Gasteiger partial charge is 0.474 e. The first-order chi connectivity index (χ1) is 10.1. The van der Waals surface area contributed by atoms with E-state index in [0.717, 1.165) is 24.8 Å². The number of ether oxygens (including phenoxy) is 1. The molecule has 0 atom stereocenters. The second-order valence-electron chi connectivity index (χ2n) is 5.86. The van der Waals surface area contributed by atoms with Crippen molar-refractivity contribution < 1.29 is 9.53 Å². The van der Waals surface area contributed by atoms with Crippen LogP contribution in [0.2, 0.25) is 0 Å². The van der Waals surface area contributed by atoms with Crippen molar-refractivity contribution in [1.82, 2.24) is 9.71 Å². The molecule has 1 saturated carbocycles. The first kappa shape index (κ1) is 16.3. The molecule has 0 spiro atoms. The lowest BCUT2D eigenvalue weighted by Crippen LogP contribution is -2.44. The summed E-state index contributed by atoms with van der Waals surface area (Å²) in [4.78, 5) is 15.9. The van der Waals surface area contributed by atoms with Gasteiger partial charge in [0.1, 0.15) is 11.9 Å². The molecule has 0 amide bonds. The molecule has 1 aromatic heterocycles. The molecule has 0 saturated heterocycles. The maximum atomic E-state index is 11.6. The quantitative estimate of drug-likeness (QED) is 0.748. The average Bonchev–Trinajstić information content (AvgIpc) is 2.43. The minimum atomic E-state index is 0.113. The lowest BCUT2D eigenvalue weighted by molar-refractivity contribution is -0.121. The van der Waals surface area contributed by atoms with Crippen molar-refractivity contribution in [2.24, 2.45) is 5.92 Å². The Kier molecular flexibility index (Phi) is 6.06. The van der Waals surface area contributed by atoms with Crippen LogP contribution in [-0.2, 0) is 11.2 Å². The molecule has 0 unspecified atom stereocenters. The van der Waals surface area contributed by atoms with E-state index in [1.165, 1.54) is 0 Å². The van der Waals surface area contributed by atoms with Crippen molar-refractivity contribution in [3.63, 3.8) is 0 Å². The molecule has 1 N–H and O–H groups in total. The summed E-state index contributed by atoms with van der Waals surface area (Å²) in [5.74, 6) is 1.10. The van der Waals surface area contributed by atoms with Gasteiger partial charge in [0.05, 0.1) is 0 Å². The zero-order valence-corrected chi connectivity index (χ0v) is 13.8. The number of ketones is 1. The average molecular weight is 308 g/mol. The minimum absolute atomic E-state index is 0.113. The second-order valence-corrected chi connectivity index (χ2v) is 6.50. The number of carbonyl (C=O) groups is 1. The van der Waals surface area contributed by atoms with Gasteiger partial charge in [-0.25, -0.2) is 4.98 Å². The predicted octanol–water partition coefficient (Wildman–Crippen LogP) is 3.02. The zero-order chi connectivity index (χ0) is 15.2. The van der Waals surface area contributed by atoms with Gasteiger partial charge >= 0.3 is 0 Å². The fraction of sp³-hybridized carbons (Fsp3) is 0.625. The molecule has 4 nitrogen and oxygen atoms in total. The summed E-state index contributed by atoms with van der Waals surface area (Å²) >= 11 is 1.66. The molecular formula is C16H24N2O2S. The maximum absolute atomic E-state index is 11.6. The van der Waals surface area contributed by atoms with Crippen LogP contribution in [0.5, 0.6) is 5.88 Å². The van der Waals surface area contributed by atoms with Crippen molar-refractivity contribution >= 4 is 17.7 Å². The Morgan fingerprint density at radius 2 is 2.24 bits per heavy atom. The number of aromatic nitrogens is 1. The number of nitrogens with one attached hydrogen (secondary N) is 1. The van der Waals surface area contributed by atoms with Gasteiger partial charge in [-0.2, -0.15) is 0 Å². The van der Waals surface area contributed by atoms with Crippen LogP contribution in [0.25, 0.3) is 0 Å². The van der Waals surface area contributed by atoms with Crippen LogP contribution in [-0.4, -0.2) is 29.2 Å². The Morgan fingerprint density at radius 3 is 2.81 bits per heavy atom. The third-order valence-corrected chi connectivity index (χ3v) is 4.34. The molecule has 116 valence electrons. The molecule has 1 aliphatic carbocycles. The molecule has 0 radical (unpaired) electrons. The second kappa shape index (κ2) is 7.80. The molecule has 0 aromatic carbocycles. The number of carbonyl (C=O) groups excluding carboxylic acids is 1. The summed E-state index contributed by atoms with van der Waals surface area (Å²) in [7, 11) is 0. The fourth-order valence-corrected chi connectivity index (χ4v) is 2.81. The third-order valence-electron chi connectivity index (χ3n) is 3.77. The Morgan fingerprint density at radius 1 is 1.48 bits per heavy atom. The smallest absolute Gasteiger partial charge is 0.213 e. The molecule has 1 heterocycles. The Bertz CT molecular complexity index is 456. The van der Waals surface area contributed by atoms with Gasteiger partial charge in [-0.1, -0.05) is 31.9 Å². The summed E-state index contributed by atoms with van der Waals surface area (Å²) < 4.78 is 9.15. The van der Waals surface area contributed by atoms with Gasteiger partial charge in [0.25, 0.3) is 0 Å². The summed E-state index contributed by atoms with van der Waals surface area (Å²) in [6.45, 7) is 3.88. The van der Waals surface area contributed by atoms with E-state index >= 15 is 0 Å². The van der Waals surface area contributed by atoms with Gasteiger partial charge in [-0.15, -0.1) is 0 Å². The summed E-state index contributed by atoms with van der Waals surface area (Å²) in [5.41, 5.74) is 1.09. The standard InChI is InChI=1S/C16H24N2O2S/c1-11(2)15(19)6-4-12-5-7-16(17-10-12)20-14-8-13(9-14)18-21-3/h5,7,10-11,13-14,18H,4,6,8-9H2,1-3H3. The Labute approximate surface area is 131 Å². The van der Waals surface area contributed by atoms with E-state index in [9.17, 15) is 4.79 Å². The predicted molar refractivity (Wildman–Crippen MR) is 86.5 cm³/mol. The van der Waals surface area contributed by atoms with Gasteiger partial charge in [0.2, 0.25) is 5.88 Å². The van der Waals surface area contributed by atoms with E-state index in [1.807, 2.05) is 38.4 Å². The monoisotopic (exact) mass is 308 g/mol. The van der Waals surface area contributed by atoms with E-state index in [-0.39, 0.29) is 12.0 Å². The Hall–Kier alpha value is -1.07. The highest BCUT2D eigenvalue weighted by molar-refractivity contribution is 7.96. The lowest BCUT2D eigenvalue weighted by atomic mass is 9.90. The minimum Gasteiger partial charge on any atom is -0.474 e. The van der Waals surface area contributed by atoms with Crippen LogP contribution in [0, 0.1) is 5.92 Å². The summed E-state index contributed by atoms with van der Waals surface area (Å²) in [6, 6.07) is 4.47. The van der Waals surface area contributed by atoms with Crippen LogP contribution in [0.4, 0.5) is 0 Å². The van der Waals surface area contributed by atoms with Crippen molar-refractivity contribution in [1.29, 1.82) is 0 Å². The van der Waals surface area contributed by atoms with Crippen LogP contribution < -0.4 is 9.46 Å². The van der Waals surface area contributed by atoms with Crippen molar-refractivity contribution in [2.75, 3.05) is 6.26 Å². The van der Waals surface area contributed by atoms with Crippen molar-refractivity contribution in [3.8, 4) is 5.88 Å². The molecule has 0 aliphatic heterocycles. The highest BCUT2D eigenvalue weighted by Gasteiger charge is 2.30. The van der Waals surface area contributed by atoms with Crippen LogP contribution in [0.1, 0.15) is 38.7 Å². The normalized spacial score (nSPS) is 21.1. The number of hydrogen-bond donors (Lipinski definition) is 1. The first-order valence-electron chi connectivity index (χ1n) is 7.51. The van der Waals surface area contributed by atoms with E-state index in [4.69, 9.17) is 4.74 Å². The van der Waals surface area contributed by atoms with Gasteiger partial charge in [0.15, 0.2) is 0 Å². The van der Waals surface area contributed by atoms with Gasteiger partial charge in [-0.3, -0.25) is 9.52 Å². The number of hydrogen-bond acceptors (Lipinski definition) is 5. The van der Waals surface area contributed by atoms with E-state index < -0.39 is 0 Å². The zero-order valence-electron chi connectivity index (χ0n) is 13.0. The molecule has 1 aliphatic rings. The maximum Gasteiger partial charge on any atom is 0.213 e. The topological polar surface area (TPSA) is 51.2 Å². The molecule has 1 aromatic rings. The summed E-state index contributed by atoms with van der Waals surface area (Å²) in [6.07, 6.45) is 7.55. The molecule has 0 bridgehead atoms. The molecular weight excluding hydrogens is 284 g/mol.